The Morgan fingerprint density at radius 2 is 2.00 bits per heavy atom. The zero-order chi connectivity index (χ0) is 16.0. The highest BCUT2D eigenvalue weighted by Crippen LogP contribution is 2.29. The molecule has 0 spiro atoms. The minimum Gasteiger partial charge on any atom is -0.348 e. The topological polar surface area (TPSA) is 71.8 Å². The van der Waals surface area contributed by atoms with Crippen LogP contribution in [0.15, 0.2) is 12.4 Å². The van der Waals surface area contributed by atoms with E-state index in [1.54, 1.807) is 10.9 Å². The lowest BCUT2D eigenvalue weighted by Crippen LogP contribution is -2.48. The molecule has 25 heavy (non-hydrogen) atoms. The molecule has 2 bridgehead atoms. The van der Waals surface area contributed by atoms with Gasteiger partial charge in [0.15, 0.2) is 0 Å². The van der Waals surface area contributed by atoms with Crippen LogP contribution in [0.2, 0.25) is 0 Å². The van der Waals surface area contributed by atoms with Crippen molar-refractivity contribution in [1.29, 1.82) is 0 Å². The number of thiazole rings is 1. The molecule has 2 N–H and O–H groups in total. The van der Waals surface area contributed by atoms with Crippen molar-refractivity contribution in [3.8, 4) is 10.6 Å². The molecular formula is C16H23Cl2N5OS. The average molecular weight is 404 g/mol. The molecule has 1 amide bonds. The first-order valence-electron chi connectivity index (χ1n) is 8.12. The van der Waals surface area contributed by atoms with E-state index < -0.39 is 0 Å². The molecule has 0 aromatic carbocycles. The van der Waals surface area contributed by atoms with Crippen LogP contribution < -0.4 is 10.6 Å². The molecule has 2 aliphatic rings. The van der Waals surface area contributed by atoms with Gasteiger partial charge < -0.3 is 10.6 Å². The number of aromatic nitrogens is 3. The van der Waals surface area contributed by atoms with Gasteiger partial charge in [0.05, 0.1) is 11.9 Å². The van der Waals surface area contributed by atoms with Crippen LogP contribution in [-0.2, 0) is 7.05 Å². The minimum atomic E-state index is 0. The van der Waals surface area contributed by atoms with Crippen LogP contribution >= 0.6 is 36.2 Å². The maximum absolute atomic E-state index is 12.6. The number of aryl methyl sites for hydroxylation is 2. The molecule has 2 atom stereocenters. The third-order valence-electron chi connectivity index (χ3n) is 4.76. The molecule has 2 aromatic heterocycles. The number of hydrogen-bond acceptors (Lipinski definition) is 5. The van der Waals surface area contributed by atoms with E-state index >= 15 is 0 Å². The van der Waals surface area contributed by atoms with Gasteiger partial charge in [0.2, 0.25) is 0 Å². The highest BCUT2D eigenvalue weighted by molar-refractivity contribution is 7.17. The molecule has 2 aliphatic heterocycles. The van der Waals surface area contributed by atoms with Gasteiger partial charge in [0.25, 0.3) is 5.91 Å². The number of rotatable bonds is 3. The number of carbonyl (C=O) groups is 1. The number of fused-ring (bicyclic) bond motifs is 2. The van der Waals surface area contributed by atoms with Crippen molar-refractivity contribution in [2.24, 2.45) is 7.05 Å². The van der Waals surface area contributed by atoms with E-state index in [4.69, 9.17) is 0 Å². The van der Waals surface area contributed by atoms with Crippen molar-refractivity contribution in [2.75, 3.05) is 0 Å². The highest BCUT2D eigenvalue weighted by Gasteiger charge is 2.34. The number of amides is 1. The third-order valence-corrected chi connectivity index (χ3v) is 5.97. The largest absolute Gasteiger partial charge is 0.348 e. The van der Waals surface area contributed by atoms with Gasteiger partial charge in [-0.15, -0.1) is 36.2 Å². The van der Waals surface area contributed by atoms with Crippen LogP contribution in [0.5, 0.6) is 0 Å². The van der Waals surface area contributed by atoms with Crippen molar-refractivity contribution in [3.05, 3.63) is 23.0 Å². The molecular weight excluding hydrogens is 381 g/mol. The Morgan fingerprint density at radius 1 is 1.32 bits per heavy atom. The van der Waals surface area contributed by atoms with Crippen molar-refractivity contribution >= 4 is 42.1 Å². The summed E-state index contributed by atoms with van der Waals surface area (Å²) in [6.45, 7) is 1.90. The van der Waals surface area contributed by atoms with Gasteiger partial charge in [0, 0.05) is 36.9 Å². The van der Waals surface area contributed by atoms with Crippen LogP contribution in [-0.4, -0.2) is 38.8 Å². The van der Waals surface area contributed by atoms with E-state index in [0.29, 0.717) is 12.1 Å². The number of halogens is 2. The molecule has 0 radical (unpaired) electrons. The van der Waals surface area contributed by atoms with E-state index in [-0.39, 0.29) is 36.8 Å². The van der Waals surface area contributed by atoms with E-state index in [2.05, 4.69) is 20.7 Å². The minimum absolute atomic E-state index is 0. The normalized spacial score (nSPS) is 24.3. The summed E-state index contributed by atoms with van der Waals surface area (Å²) in [7, 11) is 1.88. The predicted octanol–water partition coefficient (Wildman–Crippen LogP) is 2.71. The van der Waals surface area contributed by atoms with Gasteiger partial charge in [-0.3, -0.25) is 9.48 Å². The smallest absolute Gasteiger partial charge is 0.263 e. The van der Waals surface area contributed by atoms with Gasteiger partial charge in [0.1, 0.15) is 9.88 Å². The Morgan fingerprint density at radius 3 is 2.60 bits per heavy atom. The lowest BCUT2D eigenvalue weighted by Gasteiger charge is -2.29. The van der Waals surface area contributed by atoms with Crippen LogP contribution in [0.4, 0.5) is 0 Å². The van der Waals surface area contributed by atoms with Gasteiger partial charge in [-0.05, 0) is 32.6 Å². The standard InChI is InChI=1S/C16H21N5OS.2ClH/c1-9-14(23-16(18-9)10-7-17-21(2)8-10)15(22)20-13-5-11-3-4-12(6-13)19-11;;/h7-8,11-13,19H,3-6H2,1-2H3,(H,20,22);2*1H. The van der Waals surface area contributed by atoms with Crippen LogP contribution in [0.1, 0.15) is 41.0 Å². The quantitative estimate of drug-likeness (QED) is 0.825. The summed E-state index contributed by atoms with van der Waals surface area (Å²) in [5, 5.41) is 11.8. The molecule has 2 saturated heterocycles. The van der Waals surface area contributed by atoms with Gasteiger partial charge in [-0.1, -0.05) is 0 Å². The molecule has 2 fully saturated rings. The molecule has 9 heteroatoms. The summed E-state index contributed by atoms with van der Waals surface area (Å²) >= 11 is 1.45. The fourth-order valence-corrected chi connectivity index (χ4v) is 4.63. The van der Waals surface area contributed by atoms with E-state index in [1.807, 2.05) is 20.2 Å². The number of nitrogens with zero attached hydrogens (tertiary/aromatic N) is 3. The average Bonchev–Trinajstić information content (AvgIpc) is 3.18. The van der Waals surface area contributed by atoms with Crippen LogP contribution in [0.25, 0.3) is 10.6 Å². The Hall–Kier alpha value is -1.15. The van der Waals surface area contributed by atoms with E-state index in [1.165, 1.54) is 24.2 Å². The summed E-state index contributed by atoms with van der Waals surface area (Å²) in [5.74, 6) is 0.0152. The number of piperidine rings is 1. The Balaban J connectivity index is 0.00000113. The summed E-state index contributed by atoms with van der Waals surface area (Å²) in [6, 6.07) is 1.43. The lowest BCUT2D eigenvalue weighted by atomic mass is 10.00. The van der Waals surface area contributed by atoms with Gasteiger partial charge in [-0.2, -0.15) is 5.10 Å². The van der Waals surface area contributed by atoms with Crippen molar-refractivity contribution in [2.45, 2.75) is 50.7 Å². The van der Waals surface area contributed by atoms with Crippen LogP contribution in [0.3, 0.4) is 0 Å². The zero-order valence-electron chi connectivity index (χ0n) is 14.2. The first-order valence-corrected chi connectivity index (χ1v) is 8.93. The molecule has 4 rings (SSSR count). The third kappa shape index (κ3) is 4.16. The van der Waals surface area contributed by atoms with E-state index in [0.717, 1.165) is 34.0 Å². The SMILES string of the molecule is Cc1nc(-c2cnn(C)c2)sc1C(=O)NC1CC2CCC(C1)N2.Cl.Cl. The fraction of sp³-hybridized carbons (Fsp3) is 0.562. The second-order valence-electron chi connectivity index (χ2n) is 6.62. The van der Waals surface area contributed by atoms with Gasteiger partial charge in [-0.25, -0.2) is 4.98 Å². The molecule has 2 aromatic rings. The highest BCUT2D eigenvalue weighted by atomic mass is 35.5. The first kappa shape index (κ1) is 20.2. The number of nitrogens with one attached hydrogen (secondary N) is 2. The molecule has 0 aliphatic carbocycles. The summed E-state index contributed by atoms with van der Waals surface area (Å²) in [4.78, 5) is 17.9. The monoisotopic (exact) mass is 403 g/mol. The Bertz CT molecular complexity index is 735. The molecule has 2 unspecified atom stereocenters. The van der Waals surface area contributed by atoms with Crippen molar-refractivity contribution in [1.82, 2.24) is 25.4 Å². The molecule has 0 saturated carbocycles. The second kappa shape index (κ2) is 8.03. The maximum Gasteiger partial charge on any atom is 0.263 e. The summed E-state index contributed by atoms with van der Waals surface area (Å²) in [5.41, 5.74) is 1.75. The first-order chi connectivity index (χ1) is 11.1. The number of hydrogen-bond donors (Lipinski definition) is 2. The van der Waals surface area contributed by atoms with Crippen molar-refractivity contribution in [3.63, 3.8) is 0 Å². The molecule has 138 valence electrons. The molecule has 6 nitrogen and oxygen atoms in total. The van der Waals surface area contributed by atoms with Gasteiger partial charge >= 0.3 is 0 Å². The maximum atomic E-state index is 12.6. The number of carbonyl (C=O) groups excluding carboxylic acids is 1. The fourth-order valence-electron chi connectivity index (χ4n) is 3.69. The summed E-state index contributed by atoms with van der Waals surface area (Å²) in [6.07, 6.45) is 8.25. The Labute approximate surface area is 163 Å². The predicted molar refractivity (Wildman–Crippen MR) is 104 cm³/mol. The van der Waals surface area contributed by atoms with Crippen molar-refractivity contribution < 1.29 is 4.79 Å². The Kier molecular flexibility index (Phi) is 6.48. The summed E-state index contributed by atoms with van der Waals surface area (Å²) < 4.78 is 1.75. The second-order valence-corrected chi connectivity index (χ2v) is 7.61. The zero-order valence-corrected chi connectivity index (χ0v) is 16.6. The van der Waals surface area contributed by atoms with Crippen LogP contribution in [0, 0.1) is 6.92 Å². The van der Waals surface area contributed by atoms with E-state index in [9.17, 15) is 4.79 Å². The molecule has 4 heterocycles. The lowest BCUT2D eigenvalue weighted by molar-refractivity contribution is 0.0927.